The second-order valence-corrected chi connectivity index (χ2v) is 8.67. The first-order valence-corrected chi connectivity index (χ1v) is 10.6. The Morgan fingerprint density at radius 1 is 1.00 bits per heavy atom. The molecule has 2 aliphatic rings. The molecular weight excluding hydrogens is 340 g/mol. The van der Waals surface area contributed by atoms with Crippen molar-refractivity contribution in [2.75, 3.05) is 49.9 Å². The molecule has 1 amide bonds. The van der Waals surface area contributed by atoms with Gasteiger partial charge < -0.3 is 9.80 Å². The molecule has 2 saturated heterocycles. The second-order valence-electron chi connectivity index (χ2n) is 6.58. The predicted molar refractivity (Wildman–Crippen MR) is 96.9 cm³/mol. The van der Waals surface area contributed by atoms with Crippen molar-refractivity contribution in [1.82, 2.24) is 14.2 Å². The monoisotopic (exact) mass is 366 g/mol. The first-order chi connectivity index (χ1) is 12.1. The molecule has 7 nitrogen and oxygen atoms in total. The molecule has 0 saturated carbocycles. The van der Waals surface area contributed by atoms with Crippen LogP contribution in [0.3, 0.4) is 0 Å². The molecule has 1 aromatic heterocycles. The quantitative estimate of drug-likeness (QED) is 0.775. The molecule has 2 fully saturated rings. The van der Waals surface area contributed by atoms with Crippen LogP contribution in [-0.4, -0.2) is 73.5 Å². The Labute approximate surface area is 149 Å². The minimum Gasteiger partial charge on any atom is -0.353 e. The van der Waals surface area contributed by atoms with Gasteiger partial charge >= 0.3 is 0 Å². The molecule has 0 atom stereocenters. The van der Waals surface area contributed by atoms with Crippen LogP contribution in [0.1, 0.15) is 25.7 Å². The van der Waals surface area contributed by atoms with Crippen LogP contribution in [0.5, 0.6) is 0 Å². The van der Waals surface area contributed by atoms with Crippen LogP contribution in [-0.2, 0) is 14.8 Å². The predicted octanol–water partition coefficient (Wildman–Crippen LogP) is 0.936. The number of piperidine rings is 1. The van der Waals surface area contributed by atoms with Crippen LogP contribution in [0.4, 0.5) is 5.82 Å². The highest BCUT2D eigenvalue weighted by molar-refractivity contribution is 7.89. The van der Waals surface area contributed by atoms with Gasteiger partial charge in [0.25, 0.3) is 0 Å². The summed E-state index contributed by atoms with van der Waals surface area (Å²) in [6.07, 6.45) is 4.76. The van der Waals surface area contributed by atoms with Gasteiger partial charge in [0, 0.05) is 51.9 Å². The number of aromatic nitrogens is 1. The molecule has 3 rings (SSSR count). The van der Waals surface area contributed by atoms with Crippen LogP contribution in [0.2, 0.25) is 0 Å². The van der Waals surface area contributed by atoms with Crippen LogP contribution < -0.4 is 4.90 Å². The summed E-state index contributed by atoms with van der Waals surface area (Å²) < 4.78 is 26.2. The molecule has 0 spiro atoms. The highest BCUT2D eigenvalue weighted by Gasteiger charge is 2.27. The van der Waals surface area contributed by atoms with Gasteiger partial charge in [-0.1, -0.05) is 12.5 Å². The third-order valence-corrected chi connectivity index (χ3v) is 6.76. The molecular formula is C17H26N4O3S. The topological polar surface area (TPSA) is 73.8 Å². The molecule has 25 heavy (non-hydrogen) atoms. The molecule has 2 aliphatic heterocycles. The lowest BCUT2D eigenvalue weighted by Crippen LogP contribution is -2.49. The summed E-state index contributed by atoms with van der Waals surface area (Å²) in [6.45, 7) is 3.86. The third kappa shape index (κ3) is 4.70. The van der Waals surface area contributed by atoms with Crippen molar-refractivity contribution < 1.29 is 13.2 Å². The fourth-order valence-electron chi connectivity index (χ4n) is 3.37. The lowest BCUT2D eigenvalue weighted by atomic mass is 10.2. The average molecular weight is 366 g/mol. The van der Waals surface area contributed by atoms with Crippen LogP contribution in [0.15, 0.2) is 24.4 Å². The summed E-state index contributed by atoms with van der Waals surface area (Å²) in [6, 6.07) is 5.79. The number of nitrogens with zero attached hydrogens (tertiary/aromatic N) is 4. The zero-order valence-corrected chi connectivity index (χ0v) is 15.3. The molecule has 0 aromatic carbocycles. The molecule has 1 aromatic rings. The summed E-state index contributed by atoms with van der Waals surface area (Å²) in [5.74, 6) is 0.773. The van der Waals surface area contributed by atoms with Crippen molar-refractivity contribution in [2.45, 2.75) is 25.7 Å². The number of hydrogen-bond acceptors (Lipinski definition) is 5. The molecule has 3 heterocycles. The van der Waals surface area contributed by atoms with E-state index in [-0.39, 0.29) is 18.1 Å². The van der Waals surface area contributed by atoms with E-state index in [1.165, 1.54) is 0 Å². The molecule has 0 bridgehead atoms. The number of hydrogen-bond donors (Lipinski definition) is 0. The molecule has 0 N–H and O–H groups in total. The lowest BCUT2D eigenvalue weighted by molar-refractivity contribution is -0.131. The van der Waals surface area contributed by atoms with E-state index >= 15 is 0 Å². The smallest absolute Gasteiger partial charge is 0.223 e. The van der Waals surface area contributed by atoms with Crippen molar-refractivity contribution in [1.29, 1.82) is 0 Å². The third-order valence-electron chi connectivity index (χ3n) is 4.89. The van der Waals surface area contributed by atoms with E-state index in [1.807, 2.05) is 18.2 Å². The SMILES string of the molecule is O=C(CCS(=O)(=O)N1CCCCC1)N1CCN(c2ccccn2)CC1. The lowest BCUT2D eigenvalue weighted by Gasteiger charge is -2.35. The van der Waals surface area contributed by atoms with Gasteiger partial charge in [0.15, 0.2) is 0 Å². The van der Waals surface area contributed by atoms with Crippen LogP contribution in [0.25, 0.3) is 0 Å². The van der Waals surface area contributed by atoms with Gasteiger partial charge in [-0.25, -0.2) is 17.7 Å². The van der Waals surface area contributed by atoms with Crippen LogP contribution >= 0.6 is 0 Å². The summed E-state index contributed by atoms with van der Waals surface area (Å²) >= 11 is 0. The maximum Gasteiger partial charge on any atom is 0.223 e. The number of rotatable bonds is 5. The minimum absolute atomic E-state index is 0.0683. The molecule has 0 aliphatic carbocycles. The van der Waals surface area contributed by atoms with Gasteiger partial charge in [-0.05, 0) is 25.0 Å². The van der Waals surface area contributed by atoms with E-state index in [1.54, 1.807) is 15.4 Å². The fourth-order valence-corrected chi connectivity index (χ4v) is 4.88. The molecule has 138 valence electrons. The normalized spacial score (nSPS) is 19.8. The summed E-state index contributed by atoms with van der Waals surface area (Å²) in [5.41, 5.74) is 0. The van der Waals surface area contributed by atoms with E-state index < -0.39 is 10.0 Å². The summed E-state index contributed by atoms with van der Waals surface area (Å²) in [5, 5.41) is 0. The Bertz CT molecular complexity index is 666. The standard InChI is InChI=1S/C17H26N4O3S/c22-17(7-15-25(23,24)21-9-4-1-5-10-21)20-13-11-19(12-14-20)16-6-2-3-8-18-16/h2-3,6,8H,1,4-5,7,9-15H2. The molecule has 0 unspecified atom stereocenters. The Kier molecular flexibility index (Phi) is 5.90. The number of sulfonamides is 1. The number of amides is 1. The van der Waals surface area contributed by atoms with Crippen molar-refractivity contribution in [3.05, 3.63) is 24.4 Å². The maximum absolute atomic E-state index is 12.4. The largest absolute Gasteiger partial charge is 0.353 e. The highest BCUT2D eigenvalue weighted by atomic mass is 32.2. The van der Waals surface area contributed by atoms with Crippen molar-refractivity contribution >= 4 is 21.7 Å². The van der Waals surface area contributed by atoms with Crippen LogP contribution in [0, 0.1) is 0 Å². The first-order valence-electron chi connectivity index (χ1n) is 8.98. The number of anilines is 1. The summed E-state index contributed by atoms with van der Waals surface area (Å²) in [4.78, 5) is 20.6. The van der Waals surface area contributed by atoms with Gasteiger partial charge in [0.05, 0.1) is 5.75 Å². The zero-order valence-electron chi connectivity index (χ0n) is 14.5. The fraction of sp³-hybridized carbons (Fsp3) is 0.647. The molecule has 0 radical (unpaired) electrons. The number of piperazine rings is 1. The number of carbonyl (C=O) groups is 1. The van der Waals surface area contributed by atoms with E-state index in [0.29, 0.717) is 26.2 Å². The average Bonchev–Trinajstić information content (AvgIpc) is 2.68. The van der Waals surface area contributed by atoms with Gasteiger partial charge in [0.1, 0.15) is 5.82 Å². The summed E-state index contributed by atoms with van der Waals surface area (Å²) in [7, 11) is -3.31. The zero-order chi connectivity index (χ0) is 17.7. The Balaban J connectivity index is 1.46. The molecule has 8 heteroatoms. The van der Waals surface area contributed by atoms with Crippen molar-refractivity contribution in [3.63, 3.8) is 0 Å². The number of carbonyl (C=O) groups excluding carboxylic acids is 1. The van der Waals surface area contributed by atoms with E-state index in [9.17, 15) is 13.2 Å². The second kappa shape index (κ2) is 8.14. The minimum atomic E-state index is -3.31. The van der Waals surface area contributed by atoms with Gasteiger partial charge in [-0.3, -0.25) is 4.79 Å². The van der Waals surface area contributed by atoms with Gasteiger partial charge in [-0.15, -0.1) is 0 Å². The van der Waals surface area contributed by atoms with Crippen molar-refractivity contribution in [3.8, 4) is 0 Å². The van der Waals surface area contributed by atoms with E-state index in [4.69, 9.17) is 0 Å². The van der Waals surface area contributed by atoms with E-state index in [2.05, 4.69) is 9.88 Å². The number of pyridine rings is 1. The first kappa shape index (κ1) is 18.1. The highest BCUT2D eigenvalue weighted by Crippen LogP contribution is 2.16. The Morgan fingerprint density at radius 3 is 2.36 bits per heavy atom. The van der Waals surface area contributed by atoms with Gasteiger partial charge in [0.2, 0.25) is 15.9 Å². The Hall–Kier alpha value is -1.67. The van der Waals surface area contributed by atoms with Gasteiger partial charge in [-0.2, -0.15) is 0 Å². The maximum atomic E-state index is 12.4. The Morgan fingerprint density at radius 2 is 1.72 bits per heavy atom. The van der Waals surface area contributed by atoms with E-state index in [0.717, 1.165) is 38.2 Å². The van der Waals surface area contributed by atoms with Crippen molar-refractivity contribution in [2.24, 2.45) is 0 Å².